The van der Waals surface area contributed by atoms with Gasteiger partial charge in [-0.3, -0.25) is 0 Å². The highest BCUT2D eigenvalue weighted by atomic mass is 35.5. The van der Waals surface area contributed by atoms with Crippen LogP contribution in [-0.4, -0.2) is 10.1 Å². The lowest BCUT2D eigenvalue weighted by atomic mass is 10.2. The second-order valence-corrected chi connectivity index (χ2v) is 5.43. The van der Waals surface area contributed by atoms with E-state index in [0.717, 1.165) is 0 Å². The second-order valence-electron chi connectivity index (χ2n) is 3.74. The van der Waals surface area contributed by atoms with Gasteiger partial charge in [0, 0.05) is 15.6 Å². The molecule has 19 heavy (non-hydrogen) atoms. The summed E-state index contributed by atoms with van der Waals surface area (Å²) in [5.41, 5.74) is 0.997. The molecule has 2 nitrogen and oxygen atoms in total. The lowest BCUT2D eigenvalue weighted by Crippen LogP contribution is -2.11. The predicted molar refractivity (Wildman–Crippen MR) is 84.9 cm³/mol. The van der Waals surface area contributed by atoms with E-state index in [1.165, 1.54) is 6.07 Å². The van der Waals surface area contributed by atoms with Crippen molar-refractivity contribution in [2.24, 2.45) is 0 Å². The minimum Gasteiger partial charge on any atom is -0.506 e. The van der Waals surface area contributed by atoms with Gasteiger partial charge in [-0.05, 0) is 36.4 Å². The lowest BCUT2D eigenvalue weighted by Gasteiger charge is -2.11. The maximum atomic E-state index is 9.71. The van der Waals surface area contributed by atoms with Gasteiger partial charge in [0.05, 0.1) is 10.7 Å². The summed E-state index contributed by atoms with van der Waals surface area (Å²) in [6.07, 6.45) is 0. The van der Waals surface area contributed by atoms with E-state index in [4.69, 9.17) is 47.0 Å². The summed E-state index contributed by atoms with van der Waals surface area (Å²) in [6, 6.07) is 9.62. The van der Waals surface area contributed by atoms with Crippen molar-refractivity contribution < 1.29 is 5.11 Å². The molecule has 0 aromatic heterocycles. The van der Waals surface area contributed by atoms with Crippen molar-refractivity contribution in [1.29, 1.82) is 0 Å². The lowest BCUT2D eigenvalue weighted by molar-refractivity contribution is 0.478. The first kappa shape index (κ1) is 14.4. The standard InChI is InChI=1S/C13H8Cl3NOS/c14-7-1-3-10(16)9(5-7)13(19)17-11-6-8(15)2-4-12(11)18/h1-6,18H,(H,17,19). The first-order chi connectivity index (χ1) is 8.97. The molecule has 6 heteroatoms. The molecule has 0 spiro atoms. The predicted octanol–water partition coefficient (Wildman–Crippen LogP) is 5.14. The van der Waals surface area contributed by atoms with Crippen molar-refractivity contribution in [1.82, 2.24) is 0 Å². The number of phenols is 1. The van der Waals surface area contributed by atoms with E-state index in [2.05, 4.69) is 5.32 Å². The molecule has 0 aliphatic heterocycles. The van der Waals surface area contributed by atoms with Gasteiger partial charge in [0.15, 0.2) is 0 Å². The first-order valence-corrected chi connectivity index (χ1v) is 6.76. The number of thiocarbonyl (C=S) groups is 1. The molecule has 0 fully saturated rings. The summed E-state index contributed by atoms with van der Waals surface area (Å²) in [5, 5.41) is 14.1. The zero-order valence-electron chi connectivity index (χ0n) is 9.45. The Morgan fingerprint density at radius 3 is 2.37 bits per heavy atom. The van der Waals surface area contributed by atoms with Crippen LogP contribution in [0, 0.1) is 0 Å². The van der Waals surface area contributed by atoms with Crippen LogP contribution in [0.15, 0.2) is 36.4 Å². The molecule has 2 N–H and O–H groups in total. The SMILES string of the molecule is Oc1ccc(Cl)cc1NC(=S)c1cc(Cl)ccc1Cl. The molecule has 0 amide bonds. The van der Waals surface area contributed by atoms with Crippen molar-refractivity contribution in [2.75, 3.05) is 5.32 Å². The number of halogens is 3. The summed E-state index contributed by atoms with van der Waals surface area (Å²) in [7, 11) is 0. The van der Waals surface area contributed by atoms with Crippen LogP contribution >= 0.6 is 47.0 Å². The van der Waals surface area contributed by atoms with Crippen LogP contribution in [0.3, 0.4) is 0 Å². The first-order valence-electron chi connectivity index (χ1n) is 5.22. The van der Waals surface area contributed by atoms with Crippen molar-refractivity contribution in [3.05, 3.63) is 57.0 Å². The number of phenolic OH excluding ortho intramolecular Hbond substituents is 1. The van der Waals surface area contributed by atoms with Crippen LogP contribution in [-0.2, 0) is 0 Å². The number of hydrogen-bond donors (Lipinski definition) is 2. The maximum absolute atomic E-state index is 9.71. The largest absolute Gasteiger partial charge is 0.506 e. The molecule has 98 valence electrons. The minimum absolute atomic E-state index is 0.0462. The molecule has 0 radical (unpaired) electrons. The van der Waals surface area contributed by atoms with E-state index in [1.807, 2.05) is 0 Å². The summed E-state index contributed by atoms with van der Waals surface area (Å²) in [4.78, 5) is 0.352. The Kier molecular flexibility index (Phi) is 4.53. The number of benzene rings is 2. The van der Waals surface area contributed by atoms with Gasteiger partial charge in [0.1, 0.15) is 10.7 Å². The summed E-state index contributed by atoms with van der Waals surface area (Å²) in [6.45, 7) is 0. The Labute approximate surface area is 130 Å². The van der Waals surface area contributed by atoms with Crippen molar-refractivity contribution in [3.8, 4) is 5.75 Å². The molecule has 2 aromatic carbocycles. The van der Waals surface area contributed by atoms with Gasteiger partial charge in [-0.1, -0.05) is 47.0 Å². The van der Waals surface area contributed by atoms with Crippen LogP contribution in [0.4, 0.5) is 5.69 Å². The van der Waals surface area contributed by atoms with Gasteiger partial charge in [0.2, 0.25) is 0 Å². The second kappa shape index (κ2) is 5.97. The third-order valence-electron chi connectivity index (χ3n) is 2.38. The highest BCUT2D eigenvalue weighted by Gasteiger charge is 2.10. The van der Waals surface area contributed by atoms with Crippen molar-refractivity contribution in [3.63, 3.8) is 0 Å². The van der Waals surface area contributed by atoms with Crippen LogP contribution < -0.4 is 5.32 Å². The quantitative estimate of drug-likeness (QED) is 0.590. The number of nitrogens with one attached hydrogen (secondary N) is 1. The van der Waals surface area contributed by atoms with E-state index in [1.54, 1.807) is 30.3 Å². The Morgan fingerprint density at radius 1 is 1.00 bits per heavy atom. The molecule has 0 bridgehead atoms. The number of rotatable bonds is 2. The molecule has 0 unspecified atom stereocenters. The molecule has 2 aromatic rings. The number of hydrogen-bond acceptors (Lipinski definition) is 2. The molecule has 2 rings (SSSR count). The van der Waals surface area contributed by atoms with Gasteiger partial charge < -0.3 is 10.4 Å². The highest BCUT2D eigenvalue weighted by molar-refractivity contribution is 7.81. The van der Waals surface area contributed by atoms with Crippen molar-refractivity contribution >= 4 is 57.7 Å². The molecular formula is C13H8Cl3NOS. The van der Waals surface area contributed by atoms with E-state index in [9.17, 15) is 5.11 Å². The smallest absolute Gasteiger partial charge is 0.139 e. The normalized spacial score (nSPS) is 10.3. The molecule has 0 heterocycles. The Bertz CT molecular complexity index is 646. The third kappa shape index (κ3) is 3.51. The van der Waals surface area contributed by atoms with Gasteiger partial charge in [-0.15, -0.1) is 0 Å². The molecular weight excluding hydrogens is 325 g/mol. The monoisotopic (exact) mass is 331 g/mol. The van der Waals surface area contributed by atoms with Crippen LogP contribution in [0.25, 0.3) is 0 Å². The Morgan fingerprint density at radius 2 is 1.63 bits per heavy atom. The zero-order valence-corrected chi connectivity index (χ0v) is 12.5. The van der Waals surface area contributed by atoms with E-state index >= 15 is 0 Å². The molecule has 0 aliphatic rings. The van der Waals surface area contributed by atoms with E-state index in [-0.39, 0.29) is 5.75 Å². The van der Waals surface area contributed by atoms with E-state index in [0.29, 0.717) is 31.3 Å². The fourth-order valence-electron chi connectivity index (χ4n) is 1.47. The van der Waals surface area contributed by atoms with Gasteiger partial charge in [-0.25, -0.2) is 0 Å². The number of aromatic hydroxyl groups is 1. The molecule has 0 saturated carbocycles. The summed E-state index contributed by atoms with van der Waals surface area (Å²) >= 11 is 23.1. The van der Waals surface area contributed by atoms with Gasteiger partial charge >= 0.3 is 0 Å². The van der Waals surface area contributed by atoms with Crippen LogP contribution in [0.2, 0.25) is 15.1 Å². The zero-order chi connectivity index (χ0) is 14.0. The number of anilines is 1. The van der Waals surface area contributed by atoms with Gasteiger partial charge in [-0.2, -0.15) is 0 Å². The van der Waals surface area contributed by atoms with Crippen LogP contribution in [0.5, 0.6) is 5.75 Å². The highest BCUT2D eigenvalue weighted by Crippen LogP contribution is 2.28. The average molecular weight is 333 g/mol. The molecule has 0 atom stereocenters. The topological polar surface area (TPSA) is 32.3 Å². The average Bonchev–Trinajstić information content (AvgIpc) is 2.36. The van der Waals surface area contributed by atoms with Crippen LogP contribution in [0.1, 0.15) is 5.56 Å². The van der Waals surface area contributed by atoms with Gasteiger partial charge in [0.25, 0.3) is 0 Å². The Balaban J connectivity index is 2.30. The van der Waals surface area contributed by atoms with Crippen molar-refractivity contribution in [2.45, 2.75) is 0 Å². The molecule has 0 aliphatic carbocycles. The summed E-state index contributed by atoms with van der Waals surface area (Å²) in [5.74, 6) is 0.0462. The molecule has 0 saturated heterocycles. The van der Waals surface area contributed by atoms with E-state index < -0.39 is 0 Å². The Hall–Kier alpha value is -1.000. The maximum Gasteiger partial charge on any atom is 0.139 e. The fourth-order valence-corrected chi connectivity index (χ4v) is 2.36. The summed E-state index contributed by atoms with van der Waals surface area (Å²) < 4.78 is 0. The third-order valence-corrected chi connectivity index (χ3v) is 3.50. The minimum atomic E-state index is 0.0462. The fraction of sp³-hybridized carbons (Fsp3) is 0.